The molecule has 1 aliphatic heterocycles. The van der Waals surface area contributed by atoms with Gasteiger partial charge in [0.25, 0.3) is 0 Å². The van der Waals surface area contributed by atoms with Crippen LogP contribution in [-0.4, -0.2) is 53.5 Å². The van der Waals surface area contributed by atoms with Crippen molar-refractivity contribution in [1.29, 1.82) is 0 Å². The summed E-state index contributed by atoms with van der Waals surface area (Å²) in [6, 6.07) is 8.68. The van der Waals surface area contributed by atoms with E-state index in [1.807, 2.05) is 11.0 Å². The molecule has 0 spiro atoms. The first kappa shape index (κ1) is 22.0. The fraction of sp³-hybridized carbons (Fsp3) is 0.318. The molecule has 0 radical (unpaired) electrons. The minimum atomic E-state index is -0.0112. The lowest BCUT2D eigenvalue weighted by atomic mass is 9.99. The van der Waals surface area contributed by atoms with Crippen molar-refractivity contribution in [2.75, 3.05) is 32.7 Å². The zero-order valence-corrected chi connectivity index (χ0v) is 18.3. The average Bonchev–Trinajstić information content (AvgIpc) is 2.71. The second-order valence-corrected chi connectivity index (χ2v) is 8.31. The van der Waals surface area contributed by atoms with E-state index >= 15 is 0 Å². The van der Waals surface area contributed by atoms with Gasteiger partial charge in [0.1, 0.15) is 5.75 Å². The predicted octanol–water partition coefficient (Wildman–Crippen LogP) is 5.28. The molecule has 7 heteroatoms. The number of aryl methyl sites for hydroxylation is 1. The quantitative estimate of drug-likeness (QED) is 0.605. The topological polar surface area (TPSA) is 43.8 Å². The zero-order chi connectivity index (χ0) is 21.0. The maximum atomic E-state index is 11.7. The lowest BCUT2D eigenvalue weighted by Gasteiger charge is -2.34. The minimum absolute atomic E-state index is 0.0112. The number of phenols is 1. The van der Waals surface area contributed by atoms with E-state index in [1.165, 1.54) is 6.08 Å². The Labute approximate surface area is 186 Å². The van der Waals surface area contributed by atoms with Gasteiger partial charge >= 0.3 is 0 Å². The lowest BCUT2D eigenvalue weighted by molar-refractivity contribution is -0.127. The van der Waals surface area contributed by atoms with Gasteiger partial charge in [-0.2, -0.15) is 0 Å². The first-order chi connectivity index (χ1) is 13.9. The Hall–Kier alpha value is -1.72. The van der Waals surface area contributed by atoms with E-state index in [1.54, 1.807) is 24.3 Å². The van der Waals surface area contributed by atoms with Gasteiger partial charge in [-0.25, -0.2) is 0 Å². The van der Waals surface area contributed by atoms with Crippen LogP contribution in [0, 0.1) is 0 Å². The maximum Gasteiger partial charge on any atom is 0.246 e. The Morgan fingerprint density at radius 3 is 2.41 bits per heavy atom. The number of piperazine rings is 1. The van der Waals surface area contributed by atoms with Gasteiger partial charge in [-0.15, -0.1) is 0 Å². The molecule has 3 rings (SSSR count). The first-order valence-electron chi connectivity index (χ1n) is 9.49. The van der Waals surface area contributed by atoms with Gasteiger partial charge in [-0.3, -0.25) is 9.69 Å². The average molecular weight is 454 g/mol. The fourth-order valence-electron chi connectivity index (χ4n) is 3.53. The third-order valence-electron chi connectivity index (χ3n) is 5.17. The van der Waals surface area contributed by atoms with E-state index in [4.69, 9.17) is 34.8 Å². The van der Waals surface area contributed by atoms with Crippen LogP contribution in [0.3, 0.4) is 0 Å². The molecule has 2 aromatic rings. The molecular weight excluding hydrogens is 431 g/mol. The molecule has 154 valence electrons. The molecule has 0 bridgehead atoms. The molecule has 1 N–H and O–H groups in total. The van der Waals surface area contributed by atoms with E-state index in [0.29, 0.717) is 34.6 Å². The molecule has 0 aromatic heterocycles. The third-order valence-corrected chi connectivity index (χ3v) is 6.04. The van der Waals surface area contributed by atoms with Gasteiger partial charge in [-0.1, -0.05) is 41.4 Å². The third kappa shape index (κ3) is 5.46. The molecule has 2 aromatic carbocycles. The zero-order valence-electron chi connectivity index (χ0n) is 16.0. The summed E-state index contributed by atoms with van der Waals surface area (Å²) in [6.45, 7) is 7.55. The summed E-state index contributed by atoms with van der Waals surface area (Å²) in [5, 5.41) is 11.9. The second-order valence-electron chi connectivity index (χ2n) is 7.06. The summed E-state index contributed by atoms with van der Waals surface area (Å²) in [6.07, 6.45) is 2.95. The van der Waals surface area contributed by atoms with Crippen molar-refractivity contribution < 1.29 is 9.90 Å². The van der Waals surface area contributed by atoms with Crippen LogP contribution in [0.25, 0.3) is 11.1 Å². The van der Waals surface area contributed by atoms with Crippen LogP contribution >= 0.6 is 34.8 Å². The molecule has 1 fully saturated rings. The van der Waals surface area contributed by atoms with Crippen LogP contribution in [0.2, 0.25) is 15.1 Å². The fourth-order valence-corrected chi connectivity index (χ4v) is 4.18. The number of amides is 1. The van der Waals surface area contributed by atoms with Gasteiger partial charge in [0.15, 0.2) is 0 Å². The lowest BCUT2D eigenvalue weighted by Crippen LogP contribution is -2.48. The predicted molar refractivity (Wildman–Crippen MR) is 120 cm³/mol. The van der Waals surface area contributed by atoms with Crippen LogP contribution in [-0.2, 0) is 11.2 Å². The molecule has 1 saturated heterocycles. The molecule has 0 saturated carbocycles. The molecular formula is C22H23Cl3N2O2. The smallest absolute Gasteiger partial charge is 0.246 e. The monoisotopic (exact) mass is 452 g/mol. The van der Waals surface area contributed by atoms with E-state index < -0.39 is 0 Å². The van der Waals surface area contributed by atoms with Crippen molar-refractivity contribution in [3.63, 3.8) is 0 Å². The molecule has 29 heavy (non-hydrogen) atoms. The van der Waals surface area contributed by atoms with Crippen LogP contribution < -0.4 is 0 Å². The number of aromatic hydroxyl groups is 1. The summed E-state index contributed by atoms with van der Waals surface area (Å²) in [5.74, 6) is 0.168. The van der Waals surface area contributed by atoms with Crippen LogP contribution in [0.15, 0.2) is 43.0 Å². The highest BCUT2D eigenvalue weighted by Crippen LogP contribution is 2.38. The van der Waals surface area contributed by atoms with Crippen molar-refractivity contribution in [2.45, 2.75) is 12.8 Å². The number of rotatable bonds is 6. The minimum Gasteiger partial charge on any atom is -0.508 e. The van der Waals surface area contributed by atoms with Crippen LogP contribution in [0.4, 0.5) is 0 Å². The molecule has 0 unspecified atom stereocenters. The van der Waals surface area contributed by atoms with Crippen molar-refractivity contribution in [3.8, 4) is 16.9 Å². The molecule has 1 heterocycles. The molecule has 0 atom stereocenters. The van der Waals surface area contributed by atoms with Crippen molar-refractivity contribution in [1.82, 2.24) is 9.80 Å². The number of hydrogen-bond acceptors (Lipinski definition) is 3. The van der Waals surface area contributed by atoms with Gasteiger partial charge in [0.2, 0.25) is 5.91 Å². The number of carbonyl (C=O) groups is 1. The van der Waals surface area contributed by atoms with Crippen molar-refractivity contribution in [2.24, 2.45) is 0 Å². The van der Waals surface area contributed by atoms with Gasteiger partial charge in [-0.05, 0) is 61.4 Å². The van der Waals surface area contributed by atoms with E-state index in [9.17, 15) is 9.90 Å². The Morgan fingerprint density at radius 1 is 1.03 bits per heavy atom. The standard InChI is InChI=1S/C22H23Cl3N2O2/c1-2-22(29)27-10-8-26(9-11-27)7-3-4-15-12-17(20(25)14-21(15)28)18-13-16(23)5-6-19(18)24/h2,5-6,12-14,28H,1,3-4,7-11H2. The summed E-state index contributed by atoms with van der Waals surface area (Å²) in [7, 11) is 0. The highest BCUT2D eigenvalue weighted by atomic mass is 35.5. The number of phenolic OH excluding ortho intramolecular Hbond substituents is 1. The SMILES string of the molecule is C=CC(=O)N1CCN(CCCc2cc(-c3cc(Cl)ccc3Cl)c(Cl)cc2O)CC1. The number of hydrogen-bond donors (Lipinski definition) is 1. The van der Waals surface area contributed by atoms with Gasteiger partial charge in [0, 0.05) is 47.4 Å². The molecule has 4 nitrogen and oxygen atoms in total. The van der Waals surface area contributed by atoms with E-state index in [0.717, 1.165) is 42.7 Å². The number of carbonyl (C=O) groups excluding carboxylic acids is 1. The van der Waals surface area contributed by atoms with Gasteiger partial charge in [0.05, 0.1) is 5.02 Å². The van der Waals surface area contributed by atoms with E-state index in [-0.39, 0.29) is 11.7 Å². The van der Waals surface area contributed by atoms with Crippen molar-refractivity contribution >= 4 is 40.7 Å². The Balaban J connectivity index is 1.64. The summed E-state index contributed by atoms with van der Waals surface area (Å²) >= 11 is 18.8. The number of halogens is 3. The summed E-state index contributed by atoms with van der Waals surface area (Å²) < 4.78 is 0. The molecule has 1 amide bonds. The Bertz CT molecular complexity index is 909. The first-order valence-corrected chi connectivity index (χ1v) is 10.6. The highest BCUT2D eigenvalue weighted by Gasteiger charge is 2.19. The maximum absolute atomic E-state index is 11.7. The van der Waals surface area contributed by atoms with E-state index in [2.05, 4.69) is 11.5 Å². The Kier molecular flexibility index (Phi) is 7.47. The normalized spacial score (nSPS) is 14.8. The van der Waals surface area contributed by atoms with Crippen LogP contribution in [0.5, 0.6) is 5.75 Å². The molecule has 0 aliphatic carbocycles. The van der Waals surface area contributed by atoms with Gasteiger partial charge < -0.3 is 10.0 Å². The summed E-state index contributed by atoms with van der Waals surface area (Å²) in [4.78, 5) is 15.8. The largest absolute Gasteiger partial charge is 0.508 e. The number of nitrogens with zero attached hydrogens (tertiary/aromatic N) is 2. The molecule has 1 aliphatic rings. The van der Waals surface area contributed by atoms with Crippen molar-refractivity contribution in [3.05, 3.63) is 63.6 Å². The number of benzene rings is 2. The second kappa shape index (κ2) is 9.86. The van der Waals surface area contributed by atoms with Crippen LogP contribution in [0.1, 0.15) is 12.0 Å². The summed E-state index contributed by atoms with van der Waals surface area (Å²) in [5.41, 5.74) is 2.32. The Morgan fingerprint density at radius 2 is 1.72 bits per heavy atom. The highest BCUT2D eigenvalue weighted by molar-refractivity contribution is 6.37.